The van der Waals surface area contributed by atoms with Crippen molar-refractivity contribution >= 4 is 6.03 Å². The number of nitrogens with one attached hydrogen (secondary N) is 1. The molecule has 0 aromatic heterocycles. The van der Waals surface area contributed by atoms with Crippen molar-refractivity contribution in [2.24, 2.45) is 5.92 Å². The number of urea groups is 1. The molecule has 88 valence electrons. The normalized spacial score (nSPS) is 19.2. The fourth-order valence-corrected chi connectivity index (χ4v) is 2.06. The maximum atomic E-state index is 11.4. The summed E-state index contributed by atoms with van der Waals surface area (Å²) < 4.78 is 0. The van der Waals surface area contributed by atoms with Gasteiger partial charge in [-0.2, -0.15) is 0 Å². The number of hydrogen-bond donors (Lipinski definition) is 2. The number of hydrogen-bond acceptors (Lipinski definition) is 2. The van der Waals surface area contributed by atoms with Crippen molar-refractivity contribution in [1.29, 1.82) is 0 Å². The van der Waals surface area contributed by atoms with Gasteiger partial charge >= 0.3 is 6.03 Å². The summed E-state index contributed by atoms with van der Waals surface area (Å²) in [6.45, 7) is 6.15. The van der Waals surface area contributed by atoms with E-state index in [4.69, 9.17) is 0 Å². The molecule has 1 rings (SSSR count). The molecule has 4 heteroatoms. The van der Waals surface area contributed by atoms with Crippen molar-refractivity contribution in [2.45, 2.75) is 39.2 Å². The van der Waals surface area contributed by atoms with Crippen LogP contribution in [0.3, 0.4) is 0 Å². The van der Waals surface area contributed by atoms with Gasteiger partial charge in [-0.15, -0.1) is 0 Å². The fraction of sp³-hybridized carbons (Fsp3) is 0.909. The lowest BCUT2D eigenvalue weighted by Crippen LogP contribution is -2.50. The molecule has 0 aliphatic carbocycles. The monoisotopic (exact) mass is 214 g/mol. The molecular formula is C11H22N2O2. The summed E-state index contributed by atoms with van der Waals surface area (Å²) in [5.74, 6) is 0.305. The minimum absolute atomic E-state index is 0.0359. The van der Waals surface area contributed by atoms with Crippen LogP contribution in [0.4, 0.5) is 4.79 Å². The summed E-state index contributed by atoms with van der Waals surface area (Å²) in [5, 5.41) is 12.7. The Bertz CT molecular complexity index is 205. The van der Waals surface area contributed by atoms with Crippen molar-refractivity contribution in [1.82, 2.24) is 10.2 Å². The van der Waals surface area contributed by atoms with Crippen LogP contribution in [0, 0.1) is 5.92 Å². The van der Waals surface area contributed by atoms with Crippen molar-refractivity contribution in [3.05, 3.63) is 0 Å². The number of nitrogens with zero attached hydrogens (tertiary/aromatic N) is 1. The van der Waals surface area contributed by atoms with Crippen molar-refractivity contribution in [3.8, 4) is 0 Å². The molecule has 1 saturated heterocycles. The van der Waals surface area contributed by atoms with E-state index in [1.807, 2.05) is 0 Å². The summed E-state index contributed by atoms with van der Waals surface area (Å²) >= 11 is 0. The average molecular weight is 214 g/mol. The summed E-state index contributed by atoms with van der Waals surface area (Å²) in [6.07, 6.45) is 2.52. The van der Waals surface area contributed by atoms with Crippen molar-refractivity contribution in [2.75, 3.05) is 19.6 Å². The summed E-state index contributed by atoms with van der Waals surface area (Å²) in [5.41, 5.74) is 0. The molecule has 1 heterocycles. The summed E-state index contributed by atoms with van der Waals surface area (Å²) in [7, 11) is 0. The molecule has 1 unspecified atom stereocenters. The van der Waals surface area contributed by atoms with E-state index in [0.717, 1.165) is 32.4 Å². The highest BCUT2D eigenvalue weighted by atomic mass is 16.3. The molecule has 0 bridgehead atoms. The van der Waals surface area contributed by atoms with Crippen LogP contribution in [0.25, 0.3) is 0 Å². The molecule has 1 aliphatic rings. The first-order valence-electron chi connectivity index (χ1n) is 5.89. The lowest BCUT2D eigenvalue weighted by atomic mass is 9.96. The smallest absolute Gasteiger partial charge is 0.317 e. The molecule has 0 aromatic carbocycles. The first-order valence-corrected chi connectivity index (χ1v) is 5.89. The zero-order valence-electron chi connectivity index (χ0n) is 9.70. The molecule has 0 aromatic rings. The van der Waals surface area contributed by atoms with E-state index in [1.54, 1.807) is 4.90 Å². The fourth-order valence-electron chi connectivity index (χ4n) is 2.06. The highest BCUT2D eigenvalue weighted by Crippen LogP contribution is 2.15. The Labute approximate surface area is 91.6 Å². The van der Waals surface area contributed by atoms with Crippen molar-refractivity contribution in [3.63, 3.8) is 0 Å². The molecular weight excluding hydrogens is 192 g/mol. The van der Waals surface area contributed by atoms with Crippen molar-refractivity contribution < 1.29 is 9.90 Å². The second kappa shape index (κ2) is 5.95. The highest BCUT2D eigenvalue weighted by Gasteiger charge is 2.23. The van der Waals surface area contributed by atoms with E-state index in [1.165, 1.54) is 0 Å². The minimum atomic E-state index is -0.385. The van der Waals surface area contributed by atoms with Crippen LogP contribution in [0.1, 0.15) is 33.1 Å². The van der Waals surface area contributed by atoms with Gasteiger partial charge in [0.05, 0.1) is 6.10 Å². The zero-order valence-corrected chi connectivity index (χ0v) is 9.70. The first kappa shape index (κ1) is 12.3. The topological polar surface area (TPSA) is 52.6 Å². The molecule has 1 atom stereocenters. The van der Waals surface area contributed by atoms with Crippen LogP contribution < -0.4 is 5.32 Å². The lowest BCUT2D eigenvalue weighted by Gasteiger charge is -2.31. The minimum Gasteiger partial charge on any atom is -0.391 e. The third kappa shape index (κ3) is 3.38. The Morgan fingerprint density at radius 3 is 2.67 bits per heavy atom. The van der Waals surface area contributed by atoms with E-state index in [2.05, 4.69) is 19.2 Å². The van der Waals surface area contributed by atoms with Gasteiger partial charge in [-0.05, 0) is 12.3 Å². The van der Waals surface area contributed by atoms with Crippen LogP contribution in [0.15, 0.2) is 0 Å². The Morgan fingerprint density at radius 1 is 1.47 bits per heavy atom. The standard InChI is InChI=1S/C11H22N2O2/c1-3-9(4-2)10(14)8-13-7-5-6-12-11(13)15/h9-10,14H,3-8H2,1-2H3,(H,12,15). The number of rotatable bonds is 5. The van der Waals surface area contributed by atoms with Crippen LogP contribution in [-0.2, 0) is 0 Å². The molecule has 1 fully saturated rings. The summed E-state index contributed by atoms with van der Waals surface area (Å²) in [6, 6.07) is -0.0359. The number of amides is 2. The first-order chi connectivity index (χ1) is 7.19. The Morgan fingerprint density at radius 2 is 2.13 bits per heavy atom. The third-order valence-electron chi connectivity index (χ3n) is 3.17. The molecule has 0 radical (unpaired) electrons. The van der Waals surface area contributed by atoms with Gasteiger partial charge in [0.15, 0.2) is 0 Å². The van der Waals surface area contributed by atoms with E-state index in [-0.39, 0.29) is 12.1 Å². The van der Waals surface area contributed by atoms with Gasteiger partial charge in [0.25, 0.3) is 0 Å². The molecule has 15 heavy (non-hydrogen) atoms. The number of β-amino-alcohol motifs (C(OH)–C–C–N with tert-alkyl or cyclic N) is 1. The molecule has 4 nitrogen and oxygen atoms in total. The van der Waals surface area contributed by atoms with Gasteiger partial charge in [-0.25, -0.2) is 4.79 Å². The quantitative estimate of drug-likeness (QED) is 0.722. The van der Waals surface area contributed by atoms with Gasteiger partial charge in [-0.3, -0.25) is 0 Å². The second-order valence-electron chi connectivity index (χ2n) is 4.18. The largest absolute Gasteiger partial charge is 0.391 e. The molecule has 2 N–H and O–H groups in total. The maximum absolute atomic E-state index is 11.4. The predicted octanol–water partition coefficient (Wildman–Crippen LogP) is 1.20. The van der Waals surface area contributed by atoms with Gasteiger partial charge < -0.3 is 15.3 Å². The number of aliphatic hydroxyl groups excluding tert-OH is 1. The number of aliphatic hydroxyl groups is 1. The molecule has 0 spiro atoms. The highest BCUT2D eigenvalue weighted by molar-refractivity contribution is 5.74. The molecule has 1 aliphatic heterocycles. The number of carbonyl (C=O) groups excluding carboxylic acids is 1. The SMILES string of the molecule is CCC(CC)C(O)CN1CCCNC1=O. The maximum Gasteiger partial charge on any atom is 0.317 e. The molecule has 0 saturated carbocycles. The van der Waals surface area contributed by atoms with E-state index >= 15 is 0 Å². The van der Waals surface area contributed by atoms with Crippen LogP contribution in [0.2, 0.25) is 0 Å². The second-order valence-corrected chi connectivity index (χ2v) is 4.18. The Balaban J connectivity index is 2.41. The van der Waals surface area contributed by atoms with E-state index in [9.17, 15) is 9.90 Å². The van der Waals surface area contributed by atoms with Gasteiger partial charge in [-0.1, -0.05) is 26.7 Å². The summed E-state index contributed by atoms with van der Waals surface area (Å²) in [4.78, 5) is 13.1. The van der Waals surface area contributed by atoms with E-state index < -0.39 is 0 Å². The van der Waals surface area contributed by atoms with Crippen LogP contribution in [-0.4, -0.2) is 41.8 Å². The van der Waals surface area contributed by atoms with Crippen LogP contribution in [0.5, 0.6) is 0 Å². The predicted molar refractivity (Wildman–Crippen MR) is 59.7 cm³/mol. The zero-order chi connectivity index (χ0) is 11.3. The molecule has 2 amide bonds. The Hall–Kier alpha value is -0.770. The van der Waals surface area contributed by atoms with Gasteiger partial charge in [0.1, 0.15) is 0 Å². The Kier molecular flexibility index (Phi) is 4.88. The number of carbonyl (C=O) groups is 1. The average Bonchev–Trinajstić information content (AvgIpc) is 2.23. The third-order valence-corrected chi connectivity index (χ3v) is 3.17. The van der Waals surface area contributed by atoms with Crippen LogP contribution >= 0.6 is 0 Å². The van der Waals surface area contributed by atoms with Gasteiger partial charge in [0.2, 0.25) is 0 Å². The lowest BCUT2D eigenvalue weighted by molar-refractivity contribution is 0.0660. The van der Waals surface area contributed by atoms with E-state index in [0.29, 0.717) is 12.5 Å². The van der Waals surface area contributed by atoms with Gasteiger partial charge in [0, 0.05) is 19.6 Å².